The van der Waals surface area contributed by atoms with Gasteiger partial charge in [-0.1, -0.05) is 12.1 Å². The van der Waals surface area contributed by atoms with E-state index >= 15 is 0 Å². The lowest BCUT2D eigenvalue weighted by Crippen LogP contribution is -2.23. The molecule has 8 heteroatoms. The average molecular weight is 375 g/mol. The molecule has 0 saturated heterocycles. The smallest absolute Gasteiger partial charge is 0.333 e. The van der Waals surface area contributed by atoms with Gasteiger partial charge in [0, 0.05) is 17.5 Å². The van der Waals surface area contributed by atoms with Crippen LogP contribution in [0.5, 0.6) is 0 Å². The Hall–Kier alpha value is -2.87. The van der Waals surface area contributed by atoms with Crippen LogP contribution in [0.4, 0.5) is 5.69 Å². The van der Waals surface area contributed by atoms with Crippen LogP contribution in [0.3, 0.4) is 0 Å². The highest BCUT2D eigenvalue weighted by Gasteiger charge is 2.23. The third-order valence-electron chi connectivity index (χ3n) is 3.65. The number of hydrogen-bond acceptors (Lipinski definition) is 6. The van der Waals surface area contributed by atoms with E-state index in [9.17, 15) is 13.2 Å². The van der Waals surface area contributed by atoms with Crippen LogP contribution in [0, 0.1) is 5.41 Å². The molecule has 2 rings (SSSR count). The Labute approximate surface area is 152 Å². The largest absolute Gasteiger partial charge is 0.464 e. The highest BCUT2D eigenvalue weighted by atomic mass is 32.2. The Kier molecular flexibility index (Phi) is 5.99. The number of carbonyl (C=O) groups is 1. The topological polar surface area (TPSA) is 122 Å². The predicted octanol–water partition coefficient (Wildman–Crippen LogP) is 2.09. The summed E-state index contributed by atoms with van der Waals surface area (Å²) in [6, 6.07) is 12.0. The van der Waals surface area contributed by atoms with Gasteiger partial charge in [0.15, 0.2) is 15.9 Å². The van der Waals surface area contributed by atoms with Crippen molar-refractivity contribution < 1.29 is 17.9 Å². The number of benzene rings is 2. The molecule has 0 bridgehead atoms. The van der Waals surface area contributed by atoms with Crippen LogP contribution in [0.15, 0.2) is 53.4 Å². The summed E-state index contributed by atoms with van der Waals surface area (Å²) in [6.45, 7) is 1.90. The molecular weight excluding hydrogens is 354 g/mol. The van der Waals surface area contributed by atoms with Crippen LogP contribution in [-0.2, 0) is 19.4 Å². The van der Waals surface area contributed by atoms with Gasteiger partial charge in [0.1, 0.15) is 5.84 Å². The zero-order valence-corrected chi connectivity index (χ0v) is 15.3. The van der Waals surface area contributed by atoms with Gasteiger partial charge in [-0.2, -0.15) is 0 Å². The number of nitrogens with two attached hydrogens (primary N) is 1. The molecule has 0 aliphatic carbocycles. The number of esters is 1. The third-order valence-corrected chi connectivity index (χ3v) is 4.76. The fraction of sp³-hybridized carbons (Fsp3) is 0.222. The first kappa shape index (κ1) is 19.5. The summed E-state index contributed by atoms with van der Waals surface area (Å²) in [5.74, 6) is -0.576. The molecule has 138 valence electrons. The van der Waals surface area contributed by atoms with Crippen molar-refractivity contribution in [1.29, 1.82) is 5.41 Å². The first-order valence-electron chi connectivity index (χ1n) is 7.90. The van der Waals surface area contributed by atoms with E-state index in [2.05, 4.69) is 5.32 Å². The number of nitrogen functional groups attached to an aromatic ring is 1. The highest BCUT2D eigenvalue weighted by Crippen LogP contribution is 2.24. The standard InChI is InChI=1S/C18H21N3O4S/c1-3-25-18(22)16(13-5-4-6-15(11-13)26(2,23)24)21-14-9-7-12(8-10-14)17(19)20/h4-11,16,21H,3H2,1-2H3,(H3,19,20). The first-order chi connectivity index (χ1) is 12.2. The summed E-state index contributed by atoms with van der Waals surface area (Å²) in [7, 11) is -3.40. The highest BCUT2D eigenvalue weighted by molar-refractivity contribution is 7.90. The van der Waals surface area contributed by atoms with E-state index in [1.54, 1.807) is 43.3 Å². The normalized spacial score (nSPS) is 12.2. The van der Waals surface area contributed by atoms with Crippen molar-refractivity contribution in [3.05, 3.63) is 59.7 Å². The molecule has 26 heavy (non-hydrogen) atoms. The first-order valence-corrected chi connectivity index (χ1v) is 9.79. The van der Waals surface area contributed by atoms with E-state index in [1.165, 1.54) is 12.1 Å². The van der Waals surface area contributed by atoms with E-state index in [0.29, 0.717) is 16.8 Å². The van der Waals surface area contributed by atoms with Crippen LogP contribution in [0.2, 0.25) is 0 Å². The van der Waals surface area contributed by atoms with Crippen LogP contribution in [0.1, 0.15) is 24.1 Å². The fourth-order valence-corrected chi connectivity index (χ4v) is 3.02. The molecule has 2 aromatic carbocycles. The Bertz CT molecular complexity index is 908. The Morgan fingerprint density at radius 1 is 1.23 bits per heavy atom. The summed E-state index contributed by atoms with van der Waals surface area (Å²) in [4.78, 5) is 12.5. The minimum atomic E-state index is -3.40. The maximum Gasteiger partial charge on any atom is 0.333 e. The summed E-state index contributed by atoms with van der Waals surface area (Å²) in [6.07, 6.45) is 1.11. The third kappa shape index (κ3) is 4.82. The van der Waals surface area contributed by atoms with E-state index < -0.39 is 21.8 Å². The lowest BCUT2D eigenvalue weighted by Gasteiger charge is -2.19. The van der Waals surface area contributed by atoms with Gasteiger partial charge in [-0.15, -0.1) is 0 Å². The predicted molar refractivity (Wildman–Crippen MR) is 100 cm³/mol. The molecule has 0 aromatic heterocycles. The number of rotatable bonds is 7. The second-order valence-electron chi connectivity index (χ2n) is 5.67. The van der Waals surface area contributed by atoms with E-state index in [-0.39, 0.29) is 17.3 Å². The Balaban J connectivity index is 2.38. The maximum absolute atomic E-state index is 12.4. The molecule has 0 amide bonds. The summed E-state index contributed by atoms with van der Waals surface area (Å²) < 4.78 is 28.7. The summed E-state index contributed by atoms with van der Waals surface area (Å²) >= 11 is 0. The van der Waals surface area contributed by atoms with Crippen molar-refractivity contribution >= 4 is 27.3 Å². The van der Waals surface area contributed by atoms with Gasteiger partial charge in [0.05, 0.1) is 11.5 Å². The second-order valence-corrected chi connectivity index (χ2v) is 7.68. The average Bonchev–Trinajstić information content (AvgIpc) is 2.59. The molecular formula is C18H21N3O4S. The monoisotopic (exact) mass is 375 g/mol. The number of ether oxygens (including phenoxy) is 1. The van der Waals surface area contributed by atoms with Gasteiger partial charge in [-0.25, -0.2) is 13.2 Å². The minimum absolute atomic E-state index is 0.0562. The van der Waals surface area contributed by atoms with Crippen LogP contribution in [-0.4, -0.2) is 33.1 Å². The van der Waals surface area contributed by atoms with Gasteiger partial charge >= 0.3 is 5.97 Å². The zero-order chi connectivity index (χ0) is 19.3. The second kappa shape index (κ2) is 8.01. The SMILES string of the molecule is CCOC(=O)C(Nc1ccc(C(=N)N)cc1)c1cccc(S(C)(=O)=O)c1. The molecule has 0 saturated carbocycles. The number of carbonyl (C=O) groups excluding carboxylic acids is 1. The zero-order valence-electron chi connectivity index (χ0n) is 14.5. The number of amidine groups is 1. The molecule has 0 fully saturated rings. The molecule has 1 unspecified atom stereocenters. The van der Waals surface area contributed by atoms with Crippen molar-refractivity contribution in [3.8, 4) is 0 Å². The molecule has 0 aliphatic heterocycles. The van der Waals surface area contributed by atoms with Crippen molar-refractivity contribution in [2.75, 3.05) is 18.2 Å². The number of sulfone groups is 1. The molecule has 1 atom stereocenters. The molecule has 0 spiro atoms. The van der Waals surface area contributed by atoms with Gasteiger partial charge in [-0.3, -0.25) is 5.41 Å². The Morgan fingerprint density at radius 2 is 1.88 bits per heavy atom. The van der Waals surface area contributed by atoms with Crippen LogP contribution in [0.25, 0.3) is 0 Å². The Morgan fingerprint density at radius 3 is 2.42 bits per heavy atom. The molecule has 7 nitrogen and oxygen atoms in total. The molecule has 0 radical (unpaired) electrons. The number of hydrogen-bond donors (Lipinski definition) is 3. The lowest BCUT2D eigenvalue weighted by atomic mass is 10.1. The summed E-state index contributed by atoms with van der Waals surface area (Å²) in [5.41, 5.74) is 7.07. The molecule has 0 heterocycles. The van der Waals surface area contributed by atoms with E-state index in [0.717, 1.165) is 6.26 Å². The van der Waals surface area contributed by atoms with E-state index in [4.69, 9.17) is 15.9 Å². The summed E-state index contributed by atoms with van der Waals surface area (Å²) in [5, 5.41) is 10.5. The van der Waals surface area contributed by atoms with Gasteiger partial charge in [0.25, 0.3) is 0 Å². The molecule has 2 aromatic rings. The van der Waals surface area contributed by atoms with Crippen molar-refractivity contribution in [2.24, 2.45) is 5.73 Å². The fourth-order valence-electron chi connectivity index (χ4n) is 2.34. The minimum Gasteiger partial charge on any atom is -0.464 e. The molecule has 4 N–H and O–H groups in total. The van der Waals surface area contributed by atoms with Crippen molar-refractivity contribution in [2.45, 2.75) is 17.9 Å². The van der Waals surface area contributed by atoms with Crippen LogP contribution >= 0.6 is 0 Å². The quantitative estimate of drug-likeness (QED) is 0.387. The van der Waals surface area contributed by atoms with Gasteiger partial charge < -0.3 is 15.8 Å². The van der Waals surface area contributed by atoms with Crippen molar-refractivity contribution in [1.82, 2.24) is 0 Å². The van der Waals surface area contributed by atoms with Crippen LogP contribution < -0.4 is 11.1 Å². The van der Waals surface area contributed by atoms with Crippen molar-refractivity contribution in [3.63, 3.8) is 0 Å². The number of anilines is 1. The molecule has 0 aliphatic rings. The lowest BCUT2D eigenvalue weighted by molar-refractivity contribution is -0.144. The van der Waals surface area contributed by atoms with E-state index in [1.807, 2.05) is 0 Å². The number of nitrogens with one attached hydrogen (secondary N) is 2. The van der Waals surface area contributed by atoms with Gasteiger partial charge in [0.2, 0.25) is 0 Å². The maximum atomic E-state index is 12.4. The van der Waals surface area contributed by atoms with Gasteiger partial charge in [-0.05, 0) is 48.9 Å².